The lowest BCUT2D eigenvalue weighted by Crippen LogP contribution is -2.36. The minimum atomic E-state index is -0.238. The highest BCUT2D eigenvalue weighted by Crippen LogP contribution is 2.13. The van der Waals surface area contributed by atoms with Gasteiger partial charge in [0.05, 0.1) is 13.2 Å². The molecule has 0 aromatic carbocycles. The van der Waals surface area contributed by atoms with E-state index in [4.69, 9.17) is 9.47 Å². The summed E-state index contributed by atoms with van der Waals surface area (Å²) in [5.74, 6) is 0.553. The van der Waals surface area contributed by atoms with Crippen molar-refractivity contribution < 1.29 is 14.3 Å². The van der Waals surface area contributed by atoms with Crippen LogP contribution in [-0.4, -0.2) is 37.9 Å². The van der Waals surface area contributed by atoms with E-state index in [0.29, 0.717) is 32.2 Å². The fourth-order valence-electron chi connectivity index (χ4n) is 1.33. The molecule has 1 aromatic rings. The Hall–Kier alpha value is -1.82. The van der Waals surface area contributed by atoms with Crippen LogP contribution in [0.3, 0.4) is 0 Å². The first-order chi connectivity index (χ1) is 8.77. The van der Waals surface area contributed by atoms with Crippen molar-refractivity contribution in [1.82, 2.24) is 15.6 Å². The van der Waals surface area contributed by atoms with Crippen LogP contribution in [0.15, 0.2) is 18.3 Å². The van der Waals surface area contributed by atoms with Crippen molar-refractivity contribution in [3.8, 4) is 5.88 Å². The van der Waals surface area contributed by atoms with Gasteiger partial charge in [-0.2, -0.15) is 0 Å². The average Bonchev–Trinajstić information content (AvgIpc) is 2.38. The zero-order valence-electron chi connectivity index (χ0n) is 10.7. The minimum Gasteiger partial charge on any atom is -0.478 e. The summed E-state index contributed by atoms with van der Waals surface area (Å²) in [6.07, 6.45) is 1.66. The van der Waals surface area contributed by atoms with Crippen LogP contribution in [0, 0.1) is 0 Å². The predicted octanol–water partition coefficient (Wildman–Crippen LogP) is 0.926. The lowest BCUT2D eigenvalue weighted by Gasteiger charge is -2.10. The van der Waals surface area contributed by atoms with Crippen molar-refractivity contribution in [2.24, 2.45) is 0 Å². The molecule has 1 rings (SSSR count). The van der Waals surface area contributed by atoms with Gasteiger partial charge in [-0.1, -0.05) is 6.07 Å². The van der Waals surface area contributed by atoms with Crippen molar-refractivity contribution in [3.05, 3.63) is 23.9 Å². The van der Waals surface area contributed by atoms with Gasteiger partial charge in [0, 0.05) is 32.0 Å². The highest BCUT2D eigenvalue weighted by Gasteiger charge is 2.05. The SMILES string of the molecule is CCOc1ncccc1CNC(=O)NCCOC. The molecule has 100 valence electrons. The Morgan fingerprint density at radius 1 is 1.44 bits per heavy atom. The summed E-state index contributed by atoms with van der Waals surface area (Å²) < 4.78 is 10.2. The maximum atomic E-state index is 11.4. The lowest BCUT2D eigenvalue weighted by atomic mass is 10.2. The van der Waals surface area contributed by atoms with E-state index in [1.807, 2.05) is 19.1 Å². The Balaban J connectivity index is 2.40. The first kappa shape index (κ1) is 14.2. The first-order valence-corrected chi connectivity index (χ1v) is 5.85. The number of nitrogens with one attached hydrogen (secondary N) is 2. The van der Waals surface area contributed by atoms with Crippen LogP contribution in [-0.2, 0) is 11.3 Å². The number of amides is 2. The van der Waals surface area contributed by atoms with Gasteiger partial charge < -0.3 is 20.1 Å². The second-order valence-electron chi connectivity index (χ2n) is 3.50. The van der Waals surface area contributed by atoms with Gasteiger partial charge in [-0.25, -0.2) is 9.78 Å². The van der Waals surface area contributed by atoms with Gasteiger partial charge in [0.25, 0.3) is 0 Å². The molecule has 0 spiro atoms. The number of urea groups is 1. The Morgan fingerprint density at radius 2 is 2.28 bits per heavy atom. The molecule has 0 radical (unpaired) electrons. The molecule has 0 unspecified atom stereocenters. The van der Waals surface area contributed by atoms with E-state index in [1.165, 1.54) is 0 Å². The zero-order valence-corrected chi connectivity index (χ0v) is 10.7. The summed E-state index contributed by atoms with van der Waals surface area (Å²) in [6, 6.07) is 3.44. The molecule has 1 heterocycles. The quantitative estimate of drug-likeness (QED) is 0.709. The van der Waals surface area contributed by atoms with Gasteiger partial charge in [-0.05, 0) is 13.0 Å². The molecule has 0 saturated carbocycles. The number of hydrogen-bond donors (Lipinski definition) is 2. The number of rotatable bonds is 7. The maximum absolute atomic E-state index is 11.4. The first-order valence-electron chi connectivity index (χ1n) is 5.85. The minimum absolute atomic E-state index is 0.238. The second kappa shape index (κ2) is 8.30. The van der Waals surface area contributed by atoms with Crippen molar-refractivity contribution >= 4 is 6.03 Å². The third-order valence-electron chi connectivity index (χ3n) is 2.16. The van der Waals surface area contributed by atoms with Crippen molar-refractivity contribution in [2.75, 3.05) is 26.9 Å². The molecule has 0 aliphatic rings. The van der Waals surface area contributed by atoms with Gasteiger partial charge in [0.1, 0.15) is 0 Å². The van der Waals surface area contributed by atoms with Crippen LogP contribution in [0.5, 0.6) is 5.88 Å². The van der Waals surface area contributed by atoms with E-state index in [-0.39, 0.29) is 6.03 Å². The second-order valence-corrected chi connectivity index (χ2v) is 3.50. The van der Waals surface area contributed by atoms with Gasteiger partial charge in [0.15, 0.2) is 0 Å². The molecule has 0 aliphatic heterocycles. The van der Waals surface area contributed by atoms with Crippen molar-refractivity contribution in [2.45, 2.75) is 13.5 Å². The molecule has 0 atom stereocenters. The summed E-state index contributed by atoms with van der Waals surface area (Å²) >= 11 is 0. The molecular formula is C12H19N3O3. The average molecular weight is 253 g/mol. The summed E-state index contributed by atoms with van der Waals surface area (Å²) in [6.45, 7) is 3.79. The highest BCUT2D eigenvalue weighted by atomic mass is 16.5. The van der Waals surface area contributed by atoms with Gasteiger partial charge in [0.2, 0.25) is 5.88 Å². The fourth-order valence-corrected chi connectivity index (χ4v) is 1.33. The zero-order chi connectivity index (χ0) is 13.2. The Morgan fingerprint density at radius 3 is 3.00 bits per heavy atom. The summed E-state index contributed by atoms with van der Waals surface area (Å²) in [5, 5.41) is 5.40. The van der Waals surface area contributed by atoms with E-state index in [2.05, 4.69) is 15.6 Å². The van der Waals surface area contributed by atoms with Crippen molar-refractivity contribution in [1.29, 1.82) is 0 Å². The van der Waals surface area contributed by atoms with Crippen LogP contribution in [0.4, 0.5) is 4.79 Å². The van der Waals surface area contributed by atoms with E-state index in [9.17, 15) is 4.79 Å². The van der Waals surface area contributed by atoms with Crippen LogP contribution in [0.1, 0.15) is 12.5 Å². The van der Waals surface area contributed by atoms with Gasteiger partial charge in [-0.3, -0.25) is 0 Å². The number of ether oxygens (including phenoxy) is 2. The third-order valence-corrected chi connectivity index (χ3v) is 2.16. The molecule has 18 heavy (non-hydrogen) atoms. The van der Waals surface area contributed by atoms with Crippen LogP contribution < -0.4 is 15.4 Å². The molecule has 2 N–H and O–H groups in total. The summed E-state index contributed by atoms with van der Waals surface area (Å²) in [5.41, 5.74) is 0.848. The summed E-state index contributed by atoms with van der Waals surface area (Å²) in [4.78, 5) is 15.5. The third kappa shape index (κ3) is 5.01. The standard InChI is InChI=1S/C12H19N3O3/c1-3-18-11-10(5-4-6-13-11)9-15-12(16)14-7-8-17-2/h4-6H,3,7-9H2,1-2H3,(H2,14,15,16). The van der Waals surface area contributed by atoms with E-state index >= 15 is 0 Å². The Bertz CT molecular complexity index is 371. The Kier molecular flexibility index (Phi) is 6.56. The molecule has 1 aromatic heterocycles. The number of pyridine rings is 1. The summed E-state index contributed by atoms with van der Waals surface area (Å²) in [7, 11) is 1.59. The molecule has 0 saturated heterocycles. The number of aromatic nitrogens is 1. The Labute approximate surface area is 107 Å². The van der Waals surface area contributed by atoms with Crippen LogP contribution in [0.2, 0.25) is 0 Å². The number of hydrogen-bond acceptors (Lipinski definition) is 4. The van der Waals surface area contributed by atoms with Crippen LogP contribution >= 0.6 is 0 Å². The topological polar surface area (TPSA) is 72.5 Å². The van der Waals surface area contributed by atoms with Gasteiger partial charge in [-0.15, -0.1) is 0 Å². The molecule has 2 amide bonds. The highest BCUT2D eigenvalue weighted by molar-refractivity contribution is 5.73. The molecular weight excluding hydrogens is 234 g/mol. The smallest absolute Gasteiger partial charge is 0.315 e. The van der Waals surface area contributed by atoms with Crippen LogP contribution in [0.25, 0.3) is 0 Å². The molecule has 0 aliphatic carbocycles. The fraction of sp³-hybridized carbons (Fsp3) is 0.500. The largest absolute Gasteiger partial charge is 0.478 e. The number of carbonyl (C=O) groups excluding carboxylic acids is 1. The predicted molar refractivity (Wildman–Crippen MR) is 67.5 cm³/mol. The molecule has 6 heteroatoms. The van der Waals surface area contributed by atoms with Crippen molar-refractivity contribution in [3.63, 3.8) is 0 Å². The molecule has 0 bridgehead atoms. The van der Waals surface area contributed by atoms with E-state index in [1.54, 1.807) is 13.3 Å². The maximum Gasteiger partial charge on any atom is 0.315 e. The van der Waals surface area contributed by atoms with E-state index in [0.717, 1.165) is 5.56 Å². The number of methoxy groups -OCH3 is 1. The molecule has 0 fully saturated rings. The van der Waals surface area contributed by atoms with E-state index < -0.39 is 0 Å². The monoisotopic (exact) mass is 253 g/mol. The number of nitrogens with zero attached hydrogens (tertiary/aromatic N) is 1. The number of carbonyl (C=O) groups is 1. The van der Waals surface area contributed by atoms with Gasteiger partial charge >= 0.3 is 6.03 Å². The lowest BCUT2D eigenvalue weighted by molar-refractivity contribution is 0.195. The molecule has 6 nitrogen and oxygen atoms in total. The normalized spacial score (nSPS) is 9.89.